The van der Waals surface area contributed by atoms with E-state index in [1.54, 1.807) is 12.1 Å². The smallest absolute Gasteiger partial charge is 0.269 e. The highest BCUT2D eigenvalue weighted by Crippen LogP contribution is 2.22. The second kappa shape index (κ2) is 3.38. The van der Waals surface area contributed by atoms with Gasteiger partial charge in [-0.15, -0.1) is 0 Å². The molecule has 0 fully saturated rings. The topological polar surface area (TPSA) is 46.4 Å². The molecule has 0 amide bonds. The van der Waals surface area contributed by atoms with Crippen LogP contribution in [0.3, 0.4) is 0 Å². The van der Waals surface area contributed by atoms with Gasteiger partial charge in [0.1, 0.15) is 0 Å². The third kappa shape index (κ3) is 1.61. The minimum atomic E-state index is -0.335. The van der Waals surface area contributed by atoms with Gasteiger partial charge in [-0.25, -0.2) is 0 Å². The number of fused-ring (bicyclic) bond motifs is 1. The lowest BCUT2D eigenvalue weighted by Crippen LogP contribution is -2.26. The lowest BCUT2D eigenvalue weighted by Gasteiger charge is -2.24. The third-order valence-corrected chi connectivity index (χ3v) is 2.60. The summed E-state index contributed by atoms with van der Waals surface area (Å²) in [7, 11) is 2.06. The lowest BCUT2D eigenvalue weighted by atomic mass is 9.99. The average Bonchev–Trinajstić information content (AvgIpc) is 2.16. The van der Waals surface area contributed by atoms with E-state index >= 15 is 0 Å². The summed E-state index contributed by atoms with van der Waals surface area (Å²) in [6.07, 6.45) is 0.910. The van der Waals surface area contributed by atoms with Crippen molar-refractivity contribution in [2.45, 2.75) is 13.0 Å². The number of benzene rings is 1. The monoisotopic (exact) mass is 192 g/mol. The van der Waals surface area contributed by atoms with Crippen molar-refractivity contribution >= 4 is 5.69 Å². The second-order valence-corrected chi connectivity index (χ2v) is 3.70. The van der Waals surface area contributed by atoms with Gasteiger partial charge in [-0.3, -0.25) is 10.1 Å². The first-order chi connectivity index (χ1) is 6.66. The van der Waals surface area contributed by atoms with Crippen molar-refractivity contribution in [2.24, 2.45) is 0 Å². The van der Waals surface area contributed by atoms with Crippen molar-refractivity contribution in [3.63, 3.8) is 0 Å². The molecule has 1 aromatic carbocycles. The first-order valence-electron chi connectivity index (χ1n) is 4.61. The summed E-state index contributed by atoms with van der Waals surface area (Å²) in [5.41, 5.74) is 2.54. The molecule has 0 spiro atoms. The molecule has 0 atom stereocenters. The summed E-state index contributed by atoms with van der Waals surface area (Å²) in [5, 5.41) is 10.5. The van der Waals surface area contributed by atoms with Crippen LogP contribution in [0.1, 0.15) is 11.1 Å². The number of nitrogens with zero attached hydrogens (tertiary/aromatic N) is 2. The zero-order chi connectivity index (χ0) is 10.1. The summed E-state index contributed by atoms with van der Waals surface area (Å²) in [5.74, 6) is 0. The van der Waals surface area contributed by atoms with Gasteiger partial charge < -0.3 is 4.90 Å². The Kier molecular flexibility index (Phi) is 2.21. The van der Waals surface area contributed by atoms with Crippen molar-refractivity contribution < 1.29 is 4.92 Å². The molecule has 0 aliphatic carbocycles. The Morgan fingerprint density at radius 2 is 2.21 bits per heavy atom. The molecule has 0 aromatic heterocycles. The molecule has 0 radical (unpaired) electrons. The minimum Gasteiger partial charge on any atom is -0.302 e. The number of likely N-dealkylation sites (N-methyl/N-ethyl adjacent to an activating group) is 1. The van der Waals surface area contributed by atoms with E-state index in [9.17, 15) is 10.1 Å². The van der Waals surface area contributed by atoms with Gasteiger partial charge in [0.25, 0.3) is 5.69 Å². The molecular weight excluding hydrogens is 180 g/mol. The van der Waals surface area contributed by atoms with Crippen molar-refractivity contribution in [1.82, 2.24) is 4.90 Å². The fraction of sp³-hybridized carbons (Fsp3) is 0.400. The summed E-state index contributed by atoms with van der Waals surface area (Å²) in [6, 6.07) is 5.14. The Labute approximate surface area is 82.3 Å². The van der Waals surface area contributed by atoms with Gasteiger partial charge in [-0.2, -0.15) is 0 Å². The van der Waals surface area contributed by atoms with E-state index in [1.807, 2.05) is 6.07 Å². The zero-order valence-electron chi connectivity index (χ0n) is 8.06. The van der Waals surface area contributed by atoms with E-state index in [0.29, 0.717) is 0 Å². The lowest BCUT2D eigenvalue weighted by molar-refractivity contribution is -0.384. The molecule has 2 rings (SSSR count). The Balaban J connectivity index is 2.36. The molecular formula is C10H12N2O2. The summed E-state index contributed by atoms with van der Waals surface area (Å²) in [6.45, 7) is 1.88. The van der Waals surface area contributed by atoms with Crippen molar-refractivity contribution in [1.29, 1.82) is 0 Å². The van der Waals surface area contributed by atoms with Crippen LogP contribution in [0.15, 0.2) is 18.2 Å². The minimum absolute atomic E-state index is 0.202. The number of nitro groups is 1. The zero-order valence-corrected chi connectivity index (χ0v) is 8.06. The summed E-state index contributed by atoms with van der Waals surface area (Å²) >= 11 is 0. The van der Waals surface area contributed by atoms with Crippen LogP contribution in [0.25, 0.3) is 0 Å². The van der Waals surface area contributed by atoms with Crippen molar-refractivity contribution in [3.05, 3.63) is 39.4 Å². The largest absolute Gasteiger partial charge is 0.302 e. The maximum Gasteiger partial charge on any atom is 0.269 e. The van der Waals surface area contributed by atoms with Gasteiger partial charge in [0.15, 0.2) is 0 Å². The van der Waals surface area contributed by atoms with E-state index in [1.165, 1.54) is 5.56 Å². The Hall–Kier alpha value is -1.42. The molecule has 1 aliphatic heterocycles. The van der Waals surface area contributed by atoms with Crippen molar-refractivity contribution in [3.8, 4) is 0 Å². The van der Waals surface area contributed by atoms with Crippen LogP contribution < -0.4 is 0 Å². The molecule has 1 aromatic rings. The van der Waals surface area contributed by atoms with Gasteiger partial charge in [0.2, 0.25) is 0 Å². The highest BCUT2D eigenvalue weighted by molar-refractivity contribution is 5.40. The Bertz CT molecular complexity index is 376. The normalized spacial score (nSPS) is 16.4. The van der Waals surface area contributed by atoms with Crippen LogP contribution in [0.4, 0.5) is 5.69 Å². The van der Waals surface area contributed by atoms with Crippen LogP contribution in [0, 0.1) is 10.1 Å². The van der Waals surface area contributed by atoms with Crippen molar-refractivity contribution in [2.75, 3.05) is 13.6 Å². The highest BCUT2D eigenvalue weighted by Gasteiger charge is 2.16. The molecule has 4 heteroatoms. The predicted octanol–water partition coefficient (Wildman–Crippen LogP) is 1.58. The van der Waals surface area contributed by atoms with E-state index in [2.05, 4.69) is 11.9 Å². The van der Waals surface area contributed by atoms with Crippen LogP contribution in [-0.4, -0.2) is 23.4 Å². The molecule has 0 N–H and O–H groups in total. The van der Waals surface area contributed by atoms with Gasteiger partial charge in [-0.1, -0.05) is 6.07 Å². The predicted molar refractivity (Wildman–Crippen MR) is 53.1 cm³/mol. The Morgan fingerprint density at radius 3 is 2.93 bits per heavy atom. The van der Waals surface area contributed by atoms with E-state index in [4.69, 9.17) is 0 Å². The quantitative estimate of drug-likeness (QED) is 0.501. The fourth-order valence-corrected chi connectivity index (χ4v) is 1.79. The molecule has 0 saturated heterocycles. The number of hydrogen-bond donors (Lipinski definition) is 0. The fourth-order valence-electron chi connectivity index (χ4n) is 1.79. The Morgan fingerprint density at radius 1 is 1.43 bits per heavy atom. The van der Waals surface area contributed by atoms with Gasteiger partial charge >= 0.3 is 0 Å². The highest BCUT2D eigenvalue weighted by atomic mass is 16.6. The molecule has 14 heavy (non-hydrogen) atoms. The third-order valence-electron chi connectivity index (χ3n) is 2.60. The standard InChI is InChI=1S/C10H12N2O2/c1-11-5-4-8-6-10(12(13)14)3-2-9(8)7-11/h2-3,6H,4-5,7H2,1H3. The number of hydrogen-bond acceptors (Lipinski definition) is 3. The summed E-state index contributed by atoms with van der Waals surface area (Å²) in [4.78, 5) is 12.4. The molecule has 0 bridgehead atoms. The van der Waals surface area contributed by atoms with E-state index in [0.717, 1.165) is 25.1 Å². The summed E-state index contributed by atoms with van der Waals surface area (Å²) < 4.78 is 0. The van der Waals surface area contributed by atoms with Crippen LogP contribution >= 0.6 is 0 Å². The number of non-ortho nitro benzene ring substituents is 1. The van der Waals surface area contributed by atoms with Crippen LogP contribution in [0.5, 0.6) is 0 Å². The van der Waals surface area contributed by atoms with Crippen LogP contribution in [-0.2, 0) is 13.0 Å². The van der Waals surface area contributed by atoms with E-state index in [-0.39, 0.29) is 10.6 Å². The van der Waals surface area contributed by atoms with Crippen LogP contribution in [0.2, 0.25) is 0 Å². The number of nitro benzene ring substituents is 1. The molecule has 74 valence electrons. The first-order valence-corrected chi connectivity index (χ1v) is 4.61. The maximum absolute atomic E-state index is 10.5. The first kappa shape index (κ1) is 9.15. The molecule has 0 unspecified atom stereocenters. The molecule has 1 heterocycles. The second-order valence-electron chi connectivity index (χ2n) is 3.70. The SMILES string of the molecule is CN1CCc2cc([N+](=O)[O-])ccc2C1. The van der Waals surface area contributed by atoms with Gasteiger partial charge in [0.05, 0.1) is 4.92 Å². The molecule has 4 nitrogen and oxygen atoms in total. The van der Waals surface area contributed by atoms with Gasteiger partial charge in [0, 0.05) is 25.2 Å². The average molecular weight is 192 g/mol. The molecule has 1 aliphatic rings. The number of rotatable bonds is 1. The van der Waals surface area contributed by atoms with E-state index < -0.39 is 0 Å². The maximum atomic E-state index is 10.5. The molecule has 0 saturated carbocycles. The van der Waals surface area contributed by atoms with Gasteiger partial charge in [-0.05, 0) is 24.6 Å².